The quantitative estimate of drug-likeness (QED) is 0.771. The summed E-state index contributed by atoms with van der Waals surface area (Å²) in [5.74, 6) is 0.602. The van der Waals surface area contributed by atoms with Crippen LogP contribution in [0.5, 0.6) is 5.75 Å². The van der Waals surface area contributed by atoms with Gasteiger partial charge in [0.1, 0.15) is 17.7 Å². The van der Waals surface area contributed by atoms with Gasteiger partial charge in [0.15, 0.2) is 0 Å². The Balaban J connectivity index is 1.43. The lowest BCUT2D eigenvalue weighted by Crippen LogP contribution is -2.23. The van der Waals surface area contributed by atoms with Crippen molar-refractivity contribution in [2.45, 2.75) is 12.5 Å². The van der Waals surface area contributed by atoms with E-state index in [0.29, 0.717) is 6.54 Å². The number of benzene rings is 2. The lowest BCUT2D eigenvalue weighted by molar-refractivity contribution is 0.246. The number of halogens is 1. The Bertz CT molecular complexity index is 798. The van der Waals surface area contributed by atoms with E-state index in [-0.39, 0.29) is 11.9 Å². The molecule has 3 aromatic rings. The summed E-state index contributed by atoms with van der Waals surface area (Å²) in [7, 11) is 0. The average Bonchev–Trinajstić information content (AvgIpc) is 3.09. The molecule has 2 heterocycles. The summed E-state index contributed by atoms with van der Waals surface area (Å²) in [5.41, 5.74) is 2.04. The van der Waals surface area contributed by atoms with Crippen molar-refractivity contribution in [3.8, 4) is 5.75 Å². The molecule has 4 rings (SSSR count). The summed E-state index contributed by atoms with van der Waals surface area (Å²) in [6.07, 6.45) is 0.806. The van der Waals surface area contributed by atoms with Crippen LogP contribution >= 0.6 is 11.3 Å². The molecule has 1 aliphatic heterocycles. The van der Waals surface area contributed by atoms with Crippen LogP contribution in [-0.4, -0.2) is 12.6 Å². The van der Waals surface area contributed by atoms with Crippen LogP contribution in [0.25, 0.3) is 10.1 Å². The molecule has 0 radical (unpaired) electrons. The van der Waals surface area contributed by atoms with Gasteiger partial charge in [-0.2, -0.15) is 0 Å². The Labute approximate surface area is 126 Å². The minimum atomic E-state index is -0.200. The molecule has 0 aliphatic carbocycles. The second-order valence-electron chi connectivity index (χ2n) is 5.25. The molecule has 0 amide bonds. The molecular formula is C17H14FNOS. The smallest absolute Gasteiger partial charge is 0.123 e. The first-order valence-corrected chi connectivity index (χ1v) is 7.82. The Kier molecular flexibility index (Phi) is 3.04. The van der Waals surface area contributed by atoms with Crippen molar-refractivity contribution < 1.29 is 9.13 Å². The molecule has 21 heavy (non-hydrogen) atoms. The van der Waals surface area contributed by atoms with Crippen LogP contribution in [0.3, 0.4) is 0 Å². The molecule has 1 N–H and O–H groups in total. The van der Waals surface area contributed by atoms with E-state index in [2.05, 4.69) is 35.0 Å². The third kappa shape index (κ3) is 2.47. The van der Waals surface area contributed by atoms with E-state index in [4.69, 9.17) is 4.74 Å². The van der Waals surface area contributed by atoms with Gasteiger partial charge in [0.2, 0.25) is 0 Å². The molecule has 1 atom stereocenters. The summed E-state index contributed by atoms with van der Waals surface area (Å²) < 4.78 is 20.3. The number of ether oxygens (including phenoxy) is 1. The highest BCUT2D eigenvalue weighted by molar-refractivity contribution is 7.17. The first-order chi connectivity index (χ1) is 10.3. The van der Waals surface area contributed by atoms with E-state index >= 15 is 0 Å². The number of nitrogens with one attached hydrogen (secondary N) is 1. The van der Waals surface area contributed by atoms with Gasteiger partial charge < -0.3 is 10.1 Å². The van der Waals surface area contributed by atoms with Crippen LogP contribution in [0, 0.1) is 5.82 Å². The van der Waals surface area contributed by atoms with Crippen LogP contribution in [0.2, 0.25) is 0 Å². The van der Waals surface area contributed by atoms with Crippen molar-refractivity contribution in [1.82, 2.24) is 0 Å². The average molecular weight is 299 g/mol. The lowest BCUT2D eigenvalue weighted by atomic mass is 10.1. The third-order valence-corrected chi connectivity index (χ3v) is 4.65. The second kappa shape index (κ2) is 5.04. The highest BCUT2D eigenvalue weighted by Crippen LogP contribution is 2.30. The van der Waals surface area contributed by atoms with Crippen LogP contribution in [0.4, 0.5) is 10.1 Å². The maximum absolute atomic E-state index is 13.2. The van der Waals surface area contributed by atoms with Crippen LogP contribution in [0.1, 0.15) is 5.56 Å². The van der Waals surface area contributed by atoms with Crippen molar-refractivity contribution in [2.24, 2.45) is 0 Å². The molecule has 2 nitrogen and oxygen atoms in total. The van der Waals surface area contributed by atoms with Crippen molar-refractivity contribution >= 4 is 27.1 Å². The normalized spacial score (nSPS) is 16.7. The monoisotopic (exact) mass is 299 g/mol. The maximum Gasteiger partial charge on any atom is 0.123 e. The van der Waals surface area contributed by atoms with Gasteiger partial charge in [-0.15, -0.1) is 11.3 Å². The molecule has 0 saturated heterocycles. The number of hydrogen-bond acceptors (Lipinski definition) is 3. The molecule has 0 fully saturated rings. The van der Waals surface area contributed by atoms with E-state index < -0.39 is 0 Å². The largest absolute Gasteiger partial charge is 0.488 e. The Morgan fingerprint density at radius 2 is 2.14 bits per heavy atom. The van der Waals surface area contributed by atoms with Gasteiger partial charge in [0.05, 0.1) is 6.54 Å². The van der Waals surface area contributed by atoms with Crippen molar-refractivity contribution in [1.29, 1.82) is 0 Å². The Morgan fingerprint density at radius 1 is 1.19 bits per heavy atom. The number of anilines is 1. The summed E-state index contributed by atoms with van der Waals surface area (Å²) in [6, 6.07) is 13.2. The zero-order valence-corrected chi connectivity index (χ0v) is 12.1. The summed E-state index contributed by atoms with van der Waals surface area (Å²) in [5, 5.41) is 6.75. The predicted octanol–water partition coefficient (Wildman–Crippen LogP) is 4.46. The molecule has 0 spiro atoms. The van der Waals surface area contributed by atoms with E-state index in [1.165, 1.54) is 16.2 Å². The topological polar surface area (TPSA) is 21.3 Å². The van der Waals surface area contributed by atoms with Crippen molar-refractivity contribution in [3.05, 3.63) is 59.2 Å². The highest BCUT2D eigenvalue weighted by Gasteiger charge is 2.22. The molecule has 2 aromatic carbocycles. The fourth-order valence-electron chi connectivity index (χ4n) is 2.71. The zero-order valence-electron chi connectivity index (χ0n) is 11.3. The van der Waals surface area contributed by atoms with E-state index in [9.17, 15) is 4.39 Å². The number of hydrogen-bond donors (Lipinski definition) is 1. The summed E-state index contributed by atoms with van der Waals surface area (Å²) >= 11 is 1.74. The minimum absolute atomic E-state index is 0.0555. The molecule has 1 unspecified atom stereocenters. The summed E-state index contributed by atoms with van der Waals surface area (Å²) in [6.45, 7) is 0.714. The maximum atomic E-state index is 13.2. The fraction of sp³-hybridized carbons (Fsp3) is 0.176. The first-order valence-electron chi connectivity index (χ1n) is 6.94. The molecule has 1 aromatic heterocycles. The summed E-state index contributed by atoms with van der Waals surface area (Å²) in [4.78, 5) is 0. The Morgan fingerprint density at radius 3 is 3.10 bits per heavy atom. The molecule has 106 valence electrons. The molecular weight excluding hydrogens is 285 g/mol. The van der Waals surface area contributed by atoms with Crippen LogP contribution < -0.4 is 10.1 Å². The molecule has 0 bridgehead atoms. The highest BCUT2D eigenvalue weighted by atomic mass is 32.1. The number of fused-ring (bicyclic) bond motifs is 2. The standard InChI is InChI=1S/C17H14FNOS/c18-13-1-3-16-12(7-13)9-15(20-16)10-19-14-2-4-17-11(8-14)5-6-21-17/h1-8,15,19H,9-10H2. The zero-order chi connectivity index (χ0) is 14.2. The Hall–Kier alpha value is -2.07. The van der Waals surface area contributed by atoms with Crippen molar-refractivity contribution in [3.63, 3.8) is 0 Å². The third-order valence-electron chi connectivity index (χ3n) is 3.75. The van der Waals surface area contributed by atoms with Gasteiger partial charge in [-0.05, 0) is 53.2 Å². The van der Waals surface area contributed by atoms with Crippen molar-refractivity contribution in [2.75, 3.05) is 11.9 Å². The predicted molar refractivity (Wildman–Crippen MR) is 84.8 cm³/mol. The van der Waals surface area contributed by atoms with Gasteiger partial charge >= 0.3 is 0 Å². The SMILES string of the molecule is Fc1ccc2c(c1)CC(CNc1ccc3sccc3c1)O2. The van der Waals surface area contributed by atoms with Gasteiger partial charge in [-0.25, -0.2) is 4.39 Å². The van der Waals surface area contributed by atoms with Gasteiger partial charge in [0, 0.05) is 22.4 Å². The molecule has 1 aliphatic rings. The van der Waals surface area contributed by atoms with Crippen LogP contribution in [-0.2, 0) is 6.42 Å². The van der Waals surface area contributed by atoms with E-state index in [0.717, 1.165) is 23.4 Å². The van der Waals surface area contributed by atoms with Crippen LogP contribution in [0.15, 0.2) is 47.8 Å². The molecule has 4 heteroatoms. The van der Waals surface area contributed by atoms with E-state index in [1.54, 1.807) is 23.5 Å². The minimum Gasteiger partial charge on any atom is -0.488 e. The lowest BCUT2D eigenvalue weighted by Gasteiger charge is -2.13. The van der Waals surface area contributed by atoms with Gasteiger partial charge in [0.25, 0.3) is 0 Å². The second-order valence-corrected chi connectivity index (χ2v) is 6.20. The molecule has 0 saturated carbocycles. The van der Waals surface area contributed by atoms with Gasteiger partial charge in [-0.3, -0.25) is 0 Å². The number of thiophene rings is 1. The van der Waals surface area contributed by atoms with E-state index in [1.807, 2.05) is 0 Å². The van der Waals surface area contributed by atoms with Gasteiger partial charge in [-0.1, -0.05) is 0 Å². The number of rotatable bonds is 3. The fourth-order valence-corrected chi connectivity index (χ4v) is 3.48. The first kappa shape index (κ1) is 12.7.